The number of hydrogen-bond donors (Lipinski definition) is 1. The molecule has 1 unspecified atom stereocenters. The molecule has 1 N–H and O–H groups in total. The molecule has 1 saturated heterocycles. The van der Waals surface area contributed by atoms with E-state index in [2.05, 4.69) is 24.1 Å². The van der Waals surface area contributed by atoms with Gasteiger partial charge in [-0.2, -0.15) is 0 Å². The minimum Gasteiger partial charge on any atom is -0.342 e. The highest BCUT2D eigenvalue weighted by molar-refractivity contribution is 5.82. The van der Waals surface area contributed by atoms with Crippen molar-refractivity contribution < 1.29 is 4.79 Å². The smallest absolute Gasteiger partial charge is 0.228 e. The molecule has 2 rings (SSSR count). The Morgan fingerprint density at radius 2 is 2.06 bits per heavy atom. The molecule has 1 saturated carbocycles. The molecule has 1 heterocycles. The van der Waals surface area contributed by atoms with Crippen molar-refractivity contribution in [1.29, 1.82) is 0 Å². The first-order valence-corrected chi connectivity index (χ1v) is 7.66. The zero-order chi connectivity index (χ0) is 13.0. The fourth-order valence-corrected chi connectivity index (χ4v) is 3.50. The van der Waals surface area contributed by atoms with Crippen LogP contribution >= 0.6 is 0 Å². The van der Waals surface area contributed by atoms with E-state index in [0.717, 1.165) is 39.0 Å². The number of amides is 1. The van der Waals surface area contributed by atoms with Gasteiger partial charge in [-0.1, -0.05) is 19.8 Å². The second-order valence-corrected chi connectivity index (χ2v) is 6.32. The highest BCUT2D eigenvalue weighted by atomic mass is 16.2. The Balaban J connectivity index is 1.92. The third-order valence-electron chi connectivity index (χ3n) is 4.77. The lowest BCUT2D eigenvalue weighted by molar-refractivity contribution is -0.141. The maximum Gasteiger partial charge on any atom is 0.228 e. The SMILES string of the molecule is CCN(CC1CCCNC1)C(=O)C1(C)CCCC1. The maximum atomic E-state index is 12.7. The predicted octanol–water partition coefficient (Wildman–Crippen LogP) is 2.41. The molecule has 18 heavy (non-hydrogen) atoms. The summed E-state index contributed by atoms with van der Waals surface area (Å²) >= 11 is 0. The first-order chi connectivity index (χ1) is 8.65. The fraction of sp³-hybridized carbons (Fsp3) is 0.933. The summed E-state index contributed by atoms with van der Waals surface area (Å²) in [6.07, 6.45) is 7.16. The van der Waals surface area contributed by atoms with Crippen LogP contribution in [0.4, 0.5) is 0 Å². The van der Waals surface area contributed by atoms with E-state index >= 15 is 0 Å². The van der Waals surface area contributed by atoms with Crippen molar-refractivity contribution in [2.24, 2.45) is 11.3 Å². The van der Waals surface area contributed by atoms with Gasteiger partial charge in [0, 0.05) is 18.5 Å². The molecule has 1 aliphatic heterocycles. The number of nitrogens with one attached hydrogen (secondary N) is 1. The molecule has 2 aliphatic rings. The summed E-state index contributed by atoms with van der Waals surface area (Å²) in [4.78, 5) is 14.8. The molecule has 3 nitrogen and oxygen atoms in total. The van der Waals surface area contributed by atoms with Crippen molar-refractivity contribution in [2.75, 3.05) is 26.2 Å². The van der Waals surface area contributed by atoms with Gasteiger partial charge in [-0.05, 0) is 51.6 Å². The Bertz CT molecular complexity index is 278. The van der Waals surface area contributed by atoms with Gasteiger partial charge in [0.1, 0.15) is 0 Å². The van der Waals surface area contributed by atoms with E-state index in [9.17, 15) is 4.79 Å². The zero-order valence-corrected chi connectivity index (χ0v) is 12.0. The van der Waals surface area contributed by atoms with Crippen LogP contribution in [0.3, 0.4) is 0 Å². The third-order valence-corrected chi connectivity index (χ3v) is 4.77. The van der Waals surface area contributed by atoms with Crippen molar-refractivity contribution in [3.05, 3.63) is 0 Å². The second-order valence-electron chi connectivity index (χ2n) is 6.32. The Kier molecular flexibility index (Phi) is 4.66. The number of carbonyl (C=O) groups excluding carboxylic acids is 1. The van der Waals surface area contributed by atoms with E-state index < -0.39 is 0 Å². The van der Waals surface area contributed by atoms with Crippen LogP contribution in [0.2, 0.25) is 0 Å². The highest BCUT2D eigenvalue weighted by Gasteiger charge is 2.39. The van der Waals surface area contributed by atoms with Gasteiger partial charge in [0.2, 0.25) is 5.91 Å². The molecular formula is C15H28N2O. The van der Waals surface area contributed by atoms with E-state index in [0.29, 0.717) is 11.8 Å². The third kappa shape index (κ3) is 3.05. The molecule has 0 aromatic carbocycles. The molecule has 1 aliphatic carbocycles. The van der Waals surface area contributed by atoms with Crippen molar-refractivity contribution in [3.8, 4) is 0 Å². The standard InChI is InChI=1S/C15H28N2O/c1-3-17(12-13-7-6-10-16-11-13)14(18)15(2)8-4-5-9-15/h13,16H,3-12H2,1-2H3. The number of piperidine rings is 1. The monoisotopic (exact) mass is 252 g/mol. The van der Waals surface area contributed by atoms with E-state index in [4.69, 9.17) is 0 Å². The molecule has 1 atom stereocenters. The molecular weight excluding hydrogens is 224 g/mol. The van der Waals surface area contributed by atoms with E-state index in [1.54, 1.807) is 0 Å². The van der Waals surface area contributed by atoms with E-state index in [1.807, 2.05) is 0 Å². The van der Waals surface area contributed by atoms with Gasteiger partial charge < -0.3 is 10.2 Å². The summed E-state index contributed by atoms with van der Waals surface area (Å²) in [7, 11) is 0. The molecule has 0 aromatic heterocycles. The first-order valence-electron chi connectivity index (χ1n) is 7.66. The average molecular weight is 252 g/mol. The molecule has 3 heteroatoms. The number of nitrogens with zero attached hydrogens (tertiary/aromatic N) is 1. The minimum atomic E-state index is -0.0574. The molecule has 104 valence electrons. The second kappa shape index (κ2) is 6.05. The summed E-state index contributed by atoms with van der Waals surface area (Å²) in [6.45, 7) is 8.34. The normalized spacial score (nSPS) is 27.1. The number of hydrogen-bond acceptors (Lipinski definition) is 2. The lowest BCUT2D eigenvalue weighted by Crippen LogP contribution is -2.45. The summed E-state index contributed by atoms with van der Waals surface area (Å²) in [5.41, 5.74) is -0.0574. The van der Waals surface area contributed by atoms with Gasteiger partial charge in [0.25, 0.3) is 0 Å². The van der Waals surface area contributed by atoms with E-state index in [-0.39, 0.29) is 5.41 Å². The fourth-order valence-electron chi connectivity index (χ4n) is 3.50. The van der Waals surface area contributed by atoms with Gasteiger partial charge in [0.15, 0.2) is 0 Å². The van der Waals surface area contributed by atoms with Crippen LogP contribution in [0.15, 0.2) is 0 Å². The van der Waals surface area contributed by atoms with Crippen LogP contribution in [0.5, 0.6) is 0 Å². The van der Waals surface area contributed by atoms with Crippen LogP contribution in [0.25, 0.3) is 0 Å². The lowest BCUT2D eigenvalue weighted by atomic mass is 9.86. The molecule has 1 amide bonds. The summed E-state index contributed by atoms with van der Waals surface area (Å²) < 4.78 is 0. The minimum absolute atomic E-state index is 0.0574. The zero-order valence-electron chi connectivity index (χ0n) is 12.0. The van der Waals surface area contributed by atoms with Crippen molar-refractivity contribution in [2.45, 2.75) is 52.4 Å². The quantitative estimate of drug-likeness (QED) is 0.833. The van der Waals surface area contributed by atoms with Gasteiger partial charge >= 0.3 is 0 Å². The Labute approximate surface area is 111 Å². The van der Waals surface area contributed by atoms with Crippen LogP contribution in [-0.4, -0.2) is 37.0 Å². The largest absolute Gasteiger partial charge is 0.342 e. The van der Waals surface area contributed by atoms with Crippen LogP contribution in [0.1, 0.15) is 52.4 Å². The average Bonchev–Trinajstić information content (AvgIpc) is 2.84. The first kappa shape index (κ1) is 13.9. The van der Waals surface area contributed by atoms with Crippen molar-refractivity contribution in [1.82, 2.24) is 10.2 Å². The van der Waals surface area contributed by atoms with Gasteiger partial charge in [-0.25, -0.2) is 0 Å². The van der Waals surface area contributed by atoms with Gasteiger partial charge in [0.05, 0.1) is 0 Å². The molecule has 0 aromatic rings. The Morgan fingerprint density at radius 1 is 1.33 bits per heavy atom. The van der Waals surface area contributed by atoms with Gasteiger partial charge in [-0.15, -0.1) is 0 Å². The van der Waals surface area contributed by atoms with E-state index in [1.165, 1.54) is 25.7 Å². The number of carbonyl (C=O) groups is 1. The summed E-state index contributed by atoms with van der Waals surface area (Å²) in [5, 5.41) is 3.44. The lowest BCUT2D eigenvalue weighted by Gasteiger charge is -2.34. The van der Waals surface area contributed by atoms with Crippen molar-refractivity contribution in [3.63, 3.8) is 0 Å². The molecule has 2 fully saturated rings. The van der Waals surface area contributed by atoms with Crippen molar-refractivity contribution >= 4 is 5.91 Å². The molecule has 0 bridgehead atoms. The maximum absolute atomic E-state index is 12.7. The Hall–Kier alpha value is -0.570. The topological polar surface area (TPSA) is 32.3 Å². The predicted molar refractivity (Wildman–Crippen MR) is 74.4 cm³/mol. The summed E-state index contributed by atoms with van der Waals surface area (Å²) in [6, 6.07) is 0. The number of rotatable bonds is 4. The van der Waals surface area contributed by atoms with Crippen LogP contribution in [0, 0.1) is 11.3 Å². The molecule has 0 spiro atoms. The van der Waals surface area contributed by atoms with Crippen LogP contribution < -0.4 is 5.32 Å². The Morgan fingerprint density at radius 3 is 2.61 bits per heavy atom. The summed E-state index contributed by atoms with van der Waals surface area (Å²) in [5.74, 6) is 1.07. The van der Waals surface area contributed by atoms with Crippen LogP contribution in [-0.2, 0) is 4.79 Å². The molecule has 0 radical (unpaired) electrons. The van der Waals surface area contributed by atoms with Gasteiger partial charge in [-0.3, -0.25) is 4.79 Å². The highest BCUT2D eigenvalue weighted by Crippen LogP contribution is 2.39.